The van der Waals surface area contributed by atoms with Crippen LogP contribution >= 0.6 is 0 Å². The van der Waals surface area contributed by atoms with Crippen molar-refractivity contribution in [2.45, 2.75) is 31.7 Å². The van der Waals surface area contributed by atoms with Crippen molar-refractivity contribution in [3.63, 3.8) is 0 Å². The van der Waals surface area contributed by atoms with E-state index in [1.807, 2.05) is 0 Å². The largest absolute Gasteiger partial charge is 0.481 e. The number of rotatable bonds is 5. The van der Waals surface area contributed by atoms with Crippen LogP contribution in [0.5, 0.6) is 5.75 Å². The third-order valence-electron chi connectivity index (χ3n) is 4.39. The lowest BCUT2D eigenvalue weighted by Crippen LogP contribution is -2.57. The Morgan fingerprint density at radius 1 is 1.23 bits per heavy atom. The number of carboxylic acids is 1. The maximum Gasteiger partial charge on any atom is 0.341 e. The number of hydrogen-bond donors (Lipinski definition) is 2. The Morgan fingerprint density at radius 3 is 2.62 bits per heavy atom. The van der Waals surface area contributed by atoms with Gasteiger partial charge < -0.3 is 9.84 Å². The van der Waals surface area contributed by atoms with Gasteiger partial charge in [0.05, 0.1) is 0 Å². The number of amides is 4. The van der Waals surface area contributed by atoms with Gasteiger partial charge in [-0.05, 0) is 25.0 Å². The molecule has 26 heavy (non-hydrogen) atoms. The monoisotopic (exact) mass is 358 g/mol. The van der Waals surface area contributed by atoms with Gasteiger partial charge in [-0.3, -0.25) is 19.8 Å². The number of carbonyl (C=O) groups is 4. The fraction of sp³-hybridized carbons (Fsp3) is 0.333. The topological polar surface area (TPSA) is 113 Å². The lowest BCUT2D eigenvalue weighted by atomic mass is 10.0. The van der Waals surface area contributed by atoms with Gasteiger partial charge in [-0.2, -0.15) is 0 Å². The molecule has 0 radical (unpaired) electrons. The molecule has 0 spiro atoms. The van der Waals surface area contributed by atoms with Crippen molar-refractivity contribution in [1.29, 1.82) is 0 Å². The molecule has 1 aliphatic carbocycles. The van der Waals surface area contributed by atoms with Crippen LogP contribution < -0.4 is 10.1 Å². The zero-order valence-corrected chi connectivity index (χ0v) is 13.9. The number of carboxylic acid groups (broad SMARTS) is 1. The second kappa shape index (κ2) is 7.38. The molecule has 1 aromatic rings. The molecule has 1 saturated carbocycles. The Hall–Kier alpha value is -3.16. The van der Waals surface area contributed by atoms with Gasteiger partial charge >= 0.3 is 12.0 Å². The van der Waals surface area contributed by atoms with E-state index in [4.69, 9.17) is 9.84 Å². The molecule has 2 aliphatic rings. The predicted molar refractivity (Wildman–Crippen MR) is 90.2 cm³/mol. The van der Waals surface area contributed by atoms with Crippen LogP contribution in [0.4, 0.5) is 4.79 Å². The van der Waals surface area contributed by atoms with E-state index in [-0.39, 0.29) is 17.4 Å². The van der Waals surface area contributed by atoms with E-state index in [0.29, 0.717) is 5.56 Å². The highest BCUT2D eigenvalue weighted by atomic mass is 16.5. The fourth-order valence-electron chi connectivity index (χ4n) is 3.19. The Morgan fingerprint density at radius 2 is 1.92 bits per heavy atom. The molecule has 0 unspecified atom stereocenters. The molecule has 0 atom stereocenters. The molecule has 1 heterocycles. The number of carbonyl (C=O) groups excluding carboxylic acids is 3. The van der Waals surface area contributed by atoms with Crippen LogP contribution in [0.2, 0.25) is 0 Å². The molecule has 136 valence electrons. The van der Waals surface area contributed by atoms with E-state index >= 15 is 0 Å². The number of aliphatic carboxylic acids is 1. The van der Waals surface area contributed by atoms with Crippen molar-refractivity contribution in [1.82, 2.24) is 10.2 Å². The minimum atomic E-state index is -1.14. The van der Waals surface area contributed by atoms with Gasteiger partial charge in [-0.15, -0.1) is 0 Å². The van der Waals surface area contributed by atoms with Crippen LogP contribution in [0.25, 0.3) is 6.08 Å². The third-order valence-corrected chi connectivity index (χ3v) is 4.39. The molecule has 1 aliphatic heterocycles. The Balaban J connectivity index is 1.91. The predicted octanol–water partition coefficient (Wildman–Crippen LogP) is 1.55. The summed E-state index contributed by atoms with van der Waals surface area (Å²) in [6, 6.07) is 5.56. The van der Waals surface area contributed by atoms with E-state index in [9.17, 15) is 19.2 Å². The van der Waals surface area contributed by atoms with Crippen LogP contribution in [0.3, 0.4) is 0 Å². The van der Waals surface area contributed by atoms with Crippen LogP contribution in [-0.4, -0.2) is 46.5 Å². The average Bonchev–Trinajstić information content (AvgIpc) is 3.11. The first-order chi connectivity index (χ1) is 12.5. The van der Waals surface area contributed by atoms with Gasteiger partial charge in [0, 0.05) is 11.6 Å². The Bertz CT molecular complexity index is 795. The van der Waals surface area contributed by atoms with Gasteiger partial charge in [0.2, 0.25) is 0 Å². The highest BCUT2D eigenvalue weighted by molar-refractivity contribution is 6.31. The second-order valence-electron chi connectivity index (χ2n) is 6.15. The molecule has 0 aromatic heterocycles. The average molecular weight is 358 g/mol. The minimum absolute atomic E-state index is 0.178. The normalized spacial score (nSPS) is 19.8. The van der Waals surface area contributed by atoms with Crippen molar-refractivity contribution < 1.29 is 29.0 Å². The minimum Gasteiger partial charge on any atom is -0.481 e. The number of nitrogens with zero attached hydrogens (tertiary/aromatic N) is 1. The summed E-state index contributed by atoms with van der Waals surface area (Å²) in [5.41, 5.74) is 0.204. The molecule has 8 nitrogen and oxygen atoms in total. The quantitative estimate of drug-likeness (QED) is 0.610. The van der Waals surface area contributed by atoms with Crippen LogP contribution in [0, 0.1) is 0 Å². The summed E-state index contributed by atoms with van der Waals surface area (Å²) in [6.45, 7) is -0.549. The number of imide groups is 2. The smallest absolute Gasteiger partial charge is 0.341 e. The standard InChI is InChI=1S/C18H18N2O6/c21-15(22)10-26-14-8-4-1-5-11(14)9-13-16(23)19-18(25)20(17(13)24)12-6-2-3-7-12/h1,4-5,8-9,12H,2-3,6-7,10H2,(H,21,22)(H,19,23,25)/b13-9+. The highest BCUT2D eigenvalue weighted by Gasteiger charge is 2.40. The Kier molecular flexibility index (Phi) is 5.01. The molecule has 3 rings (SSSR count). The summed E-state index contributed by atoms with van der Waals surface area (Å²) >= 11 is 0. The maximum atomic E-state index is 12.8. The van der Waals surface area contributed by atoms with Crippen molar-refractivity contribution in [3.05, 3.63) is 35.4 Å². The lowest BCUT2D eigenvalue weighted by molar-refractivity contribution is -0.139. The Labute approximate surface area is 149 Å². The van der Waals surface area contributed by atoms with Gasteiger partial charge in [-0.1, -0.05) is 31.0 Å². The lowest BCUT2D eigenvalue weighted by Gasteiger charge is -2.31. The van der Waals surface area contributed by atoms with E-state index in [0.717, 1.165) is 30.6 Å². The summed E-state index contributed by atoms with van der Waals surface area (Å²) in [6.07, 6.45) is 4.63. The number of nitrogens with one attached hydrogen (secondary N) is 1. The summed E-state index contributed by atoms with van der Waals surface area (Å²) in [5.74, 6) is -2.33. The first-order valence-corrected chi connectivity index (χ1v) is 8.31. The molecule has 1 aromatic carbocycles. The maximum absolute atomic E-state index is 12.8. The molecular formula is C18H18N2O6. The van der Waals surface area contributed by atoms with Crippen molar-refractivity contribution in [2.75, 3.05) is 6.61 Å². The summed E-state index contributed by atoms with van der Waals surface area (Å²) in [7, 11) is 0. The van der Waals surface area contributed by atoms with Gasteiger partial charge in [0.15, 0.2) is 6.61 Å². The number of para-hydroxylation sites is 1. The number of urea groups is 1. The number of hydrogen-bond acceptors (Lipinski definition) is 5. The van der Waals surface area contributed by atoms with Gasteiger partial charge in [0.25, 0.3) is 11.8 Å². The molecule has 4 amide bonds. The number of benzene rings is 1. The van der Waals surface area contributed by atoms with E-state index in [1.54, 1.807) is 24.3 Å². The summed E-state index contributed by atoms with van der Waals surface area (Å²) in [4.78, 5) is 48.8. The van der Waals surface area contributed by atoms with E-state index in [2.05, 4.69) is 5.32 Å². The zero-order chi connectivity index (χ0) is 18.7. The van der Waals surface area contributed by atoms with Crippen LogP contribution in [0.1, 0.15) is 31.2 Å². The molecule has 0 bridgehead atoms. The SMILES string of the molecule is O=C(O)COc1ccccc1/C=C1\C(=O)NC(=O)N(C2CCCC2)C1=O. The first kappa shape index (κ1) is 17.7. The molecule has 8 heteroatoms. The summed E-state index contributed by atoms with van der Waals surface area (Å²) in [5, 5.41) is 11.0. The highest BCUT2D eigenvalue weighted by Crippen LogP contribution is 2.28. The molecule has 2 fully saturated rings. The first-order valence-electron chi connectivity index (χ1n) is 8.31. The summed E-state index contributed by atoms with van der Waals surface area (Å²) < 4.78 is 5.19. The fourth-order valence-corrected chi connectivity index (χ4v) is 3.19. The second-order valence-corrected chi connectivity index (χ2v) is 6.15. The van der Waals surface area contributed by atoms with E-state index < -0.39 is 30.4 Å². The molecule has 2 N–H and O–H groups in total. The van der Waals surface area contributed by atoms with E-state index in [1.165, 1.54) is 6.08 Å². The van der Waals surface area contributed by atoms with Crippen molar-refractivity contribution in [3.8, 4) is 5.75 Å². The van der Waals surface area contributed by atoms with Gasteiger partial charge in [0.1, 0.15) is 11.3 Å². The third kappa shape index (κ3) is 3.58. The van der Waals surface area contributed by atoms with Crippen molar-refractivity contribution in [2.24, 2.45) is 0 Å². The number of barbiturate groups is 1. The van der Waals surface area contributed by atoms with Crippen LogP contribution in [0.15, 0.2) is 29.8 Å². The molecular weight excluding hydrogens is 340 g/mol. The van der Waals surface area contributed by atoms with Crippen LogP contribution in [-0.2, 0) is 14.4 Å². The zero-order valence-electron chi connectivity index (χ0n) is 13.9. The van der Waals surface area contributed by atoms with Gasteiger partial charge in [-0.25, -0.2) is 9.59 Å². The number of ether oxygens (including phenoxy) is 1. The van der Waals surface area contributed by atoms with Crippen molar-refractivity contribution >= 4 is 29.9 Å². The molecule has 1 saturated heterocycles.